The number of imidazole rings is 1. The van der Waals surface area contributed by atoms with Crippen LogP contribution in [0.15, 0.2) is 109 Å². The van der Waals surface area contributed by atoms with Gasteiger partial charge in [-0.3, -0.25) is 0 Å². The van der Waals surface area contributed by atoms with Gasteiger partial charge < -0.3 is 4.74 Å². The van der Waals surface area contributed by atoms with E-state index < -0.39 is 0 Å². The van der Waals surface area contributed by atoms with Crippen LogP contribution in [0.3, 0.4) is 0 Å². The average molecular weight is 565 g/mol. The van der Waals surface area contributed by atoms with Crippen LogP contribution in [0.5, 0.6) is 5.75 Å². The van der Waals surface area contributed by atoms with Crippen LogP contribution in [0.4, 0.5) is 0 Å². The van der Waals surface area contributed by atoms with Gasteiger partial charge in [-0.1, -0.05) is 84.9 Å². The van der Waals surface area contributed by atoms with Gasteiger partial charge in [-0.05, 0) is 98.7 Å². The van der Waals surface area contributed by atoms with Crippen LogP contribution in [-0.2, 0) is 13.1 Å². The van der Waals surface area contributed by atoms with Gasteiger partial charge in [-0.2, -0.15) is 0 Å². The fourth-order valence-corrected chi connectivity index (χ4v) is 5.60. The van der Waals surface area contributed by atoms with Crippen LogP contribution in [0.1, 0.15) is 29.4 Å². The Morgan fingerprint density at radius 3 is 1.95 bits per heavy atom. The Morgan fingerprint density at radius 2 is 1.30 bits per heavy atom. The van der Waals surface area contributed by atoms with E-state index in [0.29, 0.717) is 30.0 Å². The zero-order valence-corrected chi connectivity index (χ0v) is 23.7. The maximum absolute atomic E-state index is 6.95. The topological polar surface area (TPSA) is 18.0 Å². The van der Waals surface area contributed by atoms with Crippen LogP contribution < -0.4 is 9.30 Å². The van der Waals surface area contributed by atoms with E-state index in [9.17, 15) is 0 Å². The summed E-state index contributed by atoms with van der Waals surface area (Å²) in [5.41, 5.74) is 3.37. The van der Waals surface area contributed by atoms with Crippen molar-refractivity contribution in [1.29, 1.82) is 0 Å². The summed E-state index contributed by atoms with van der Waals surface area (Å²) in [5, 5.41) is 5.86. The molecule has 1 heterocycles. The van der Waals surface area contributed by atoms with Gasteiger partial charge in [0, 0.05) is 6.08 Å². The van der Waals surface area contributed by atoms with Crippen molar-refractivity contribution in [2.24, 2.45) is 0 Å². The SMILES string of the molecule is CCOc1ccc(/C=C/c2n(Cc3ccc4ccccc4c3)c(Cl)c(Cl)[n+]2Cc2ccc3ccccc3c2)cc1. The molecule has 0 spiro atoms. The summed E-state index contributed by atoms with van der Waals surface area (Å²) in [6, 6.07) is 37.9. The second-order valence-electron chi connectivity index (χ2n) is 9.81. The summed E-state index contributed by atoms with van der Waals surface area (Å²) < 4.78 is 9.77. The lowest BCUT2D eigenvalue weighted by Crippen LogP contribution is -2.37. The molecule has 6 aromatic rings. The lowest BCUT2D eigenvalue weighted by molar-refractivity contribution is -0.687. The van der Waals surface area contributed by atoms with Gasteiger partial charge in [0.25, 0.3) is 16.1 Å². The van der Waals surface area contributed by atoms with Gasteiger partial charge >= 0.3 is 0 Å². The number of benzene rings is 5. The largest absolute Gasteiger partial charge is 0.494 e. The first kappa shape index (κ1) is 26.2. The van der Waals surface area contributed by atoms with Gasteiger partial charge in [-0.25, -0.2) is 9.13 Å². The zero-order valence-electron chi connectivity index (χ0n) is 22.2. The molecule has 3 nitrogen and oxygen atoms in total. The minimum atomic E-state index is 0.516. The highest BCUT2D eigenvalue weighted by Gasteiger charge is 2.27. The van der Waals surface area contributed by atoms with Crippen molar-refractivity contribution < 1.29 is 9.30 Å². The molecule has 0 fully saturated rings. The maximum atomic E-state index is 6.95. The Balaban J connectivity index is 1.41. The Labute approximate surface area is 244 Å². The summed E-state index contributed by atoms with van der Waals surface area (Å²) in [6.07, 6.45) is 4.18. The Bertz CT molecular complexity index is 1730. The quantitative estimate of drug-likeness (QED) is 0.169. The van der Waals surface area contributed by atoms with E-state index in [1.165, 1.54) is 21.5 Å². The zero-order chi connectivity index (χ0) is 27.5. The predicted octanol–water partition coefficient (Wildman–Crippen LogP) is 9.05. The Kier molecular flexibility index (Phi) is 7.59. The minimum absolute atomic E-state index is 0.516. The molecular weight excluding hydrogens is 535 g/mol. The highest BCUT2D eigenvalue weighted by Crippen LogP contribution is 2.27. The third-order valence-corrected chi connectivity index (χ3v) is 7.99. The molecule has 5 aromatic carbocycles. The Hall–Kier alpha value is -4.05. The standard InChI is InChI=1S/C35H29Cl2N2O/c1-2-40-32-18-13-25(14-19-32)15-20-33-38(23-26-11-16-28-7-3-5-9-30(28)21-26)34(36)35(37)39(33)24-27-12-17-29-8-4-6-10-31(29)22-27/h3-22H,2,23-24H2,1H3/q+1/b20-15+. The van der Waals surface area contributed by atoms with Crippen molar-refractivity contribution in [2.75, 3.05) is 6.61 Å². The van der Waals surface area contributed by atoms with E-state index in [-0.39, 0.29) is 0 Å². The third-order valence-electron chi connectivity index (χ3n) is 7.12. The number of hydrogen-bond acceptors (Lipinski definition) is 1. The normalized spacial score (nSPS) is 11.6. The number of hydrogen-bond donors (Lipinski definition) is 0. The second-order valence-corrected chi connectivity index (χ2v) is 10.5. The number of halogens is 2. The first-order valence-electron chi connectivity index (χ1n) is 13.4. The number of nitrogens with zero attached hydrogens (tertiary/aromatic N) is 2. The molecule has 0 aliphatic rings. The van der Waals surface area contributed by atoms with Gasteiger partial charge in [0.15, 0.2) is 0 Å². The maximum Gasteiger partial charge on any atom is 0.284 e. The summed E-state index contributed by atoms with van der Waals surface area (Å²) >= 11 is 13.9. The van der Waals surface area contributed by atoms with Gasteiger partial charge in [0.05, 0.1) is 6.61 Å². The molecule has 0 unspecified atom stereocenters. The lowest BCUT2D eigenvalue weighted by Gasteiger charge is -2.06. The van der Waals surface area contributed by atoms with E-state index in [1.807, 2.05) is 19.1 Å². The molecule has 40 heavy (non-hydrogen) atoms. The van der Waals surface area contributed by atoms with Crippen molar-refractivity contribution in [1.82, 2.24) is 4.57 Å². The van der Waals surface area contributed by atoms with Crippen molar-refractivity contribution in [3.05, 3.63) is 142 Å². The molecule has 0 aliphatic carbocycles. The van der Waals surface area contributed by atoms with E-state index in [2.05, 4.69) is 118 Å². The van der Waals surface area contributed by atoms with Crippen molar-refractivity contribution >= 4 is 56.9 Å². The van der Waals surface area contributed by atoms with Gasteiger partial charge in [0.2, 0.25) is 0 Å². The smallest absolute Gasteiger partial charge is 0.284 e. The van der Waals surface area contributed by atoms with Crippen LogP contribution in [-0.4, -0.2) is 11.2 Å². The molecule has 6 rings (SSSR count). The fraction of sp³-hybridized carbons (Fsp3) is 0.114. The van der Waals surface area contributed by atoms with E-state index in [4.69, 9.17) is 27.9 Å². The lowest BCUT2D eigenvalue weighted by atomic mass is 10.1. The van der Waals surface area contributed by atoms with Gasteiger partial charge in [0.1, 0.15) is 18.8 Å². The molecule has 198 valence electrons. The van der Waals surface area contributed by atoms with Crippen molar-refractivity contribution in [3.8, 4) is 5.75 Å². The molecule has 0 saturated heterocycles. The molecule has 0 atom stereocenters. The second kappa shape index (κ2) is 11.6. The first-order valence-corrected chi connectivity index (χ1v) is 14.2. The Morgan fingerprint density at radius 1 is 0.700 bits per heavy atom. The van der Waals surface area contributed by atoms with Crippen LogP contribution in [0, 0.1) is 0 Å². The number of rotatable bonds is 8. The van der Waals surface area contributed by atoms with E-state index >= 15 is 0 Å². The van der Waals surface area contributed by atoms with E-state index in [1.54, 1.807) is 0 Å². The summed E-state index contributed by atoms with van der Waals surface area (Å²) in [7, 11) is 0. The highest BCUT2D eigenvalue weighted by atomic mass is 35.5. The monoisotopic (exact) mass is 563 g/mol. The summed E-state index contributed by atoms with van der Waals surface area (Å²) in [4.78, 5) is 0. The molecule has 0 saturated carbocycles. The summed E-state index contributed by atoms with van der Waals surface area (Å²) in [6.45, 7) is 3.82. The highest BCUT2D eigenvalue weighted by molar-refractivity contribution is 6.40. The molecular formula is C35H29Cl2N2O+. The molecule has 1 aromatic heterocycles. The fourth-order valence-electron chi connectivity index (χ4n) is 5.10. The molecule has 0 bridgehead atoms. The third kappa shape index (κ3) is 5.49. The number of ether oxygens (including phenoxy) is 1. The number of aromatic nitrogens is 2. The van der Waals surface area contributed by atoms with Crippen molar-refractivity contribution in [3.63, 3.8) is 0 Å². The molecule has 0 N–H and O–H groups in total. The van der Waals surface area contributed by atoms with Crippen LogP contribution in [0.25, 0.3) is 33.7 Å². The molecule has 0 radical (unpaired) electrons. The predicted molar refractivity (Wildman–Crippen MR) is 167 cm³/mol. The number of fused-ring (bicyclic) bond motifs is 2. The first-order chi connectivity index (χ1) is 19.6. The van der Waals surface area contributed by atoms with Crippen LogP contribution in [0.2, 0.25) is 10.3 Å². The van der Waals surface area contributed by atoms with Crippen molar-refractivity contribution in [2.45, 2.75) is 20.0 Å². The minimum Gasteiger partial charge on any atom is -0.494 e. The molecule has 5 heteroatoms. The van der Waals surface area contributed by atoms with Gasteiger partial charge in [-0.15, -0.1) is 0 Å². The van der Waals surface area contributed by atoms with E-state index in [0.717, 1.165) is 28.3 Å². The average Bonchev–Trinajstić information content (AvgIpc) is 3.20. The summed E-state index contributed by atoms with van der Waals surface area (Å²) in [5.74, 6) is 1.78. The van der Waals surface area contributed by atoms with Crippen LogP contribution >= 0.6 is 23.2 Å². The molecule has 0 amide bonds. The molecule has 0 aliphatic heterocycles.